The highest BCUT2D eigenvalue weighted by atomic mass is 16.4. The molecular formula is C30H30N4O4. The van der Waals surface area contributed by atoms with Gasteiger partial charge in [-0.05, 0) is 62.2 Å². The molecule has 5 rings (SSSR count). The molecule has 1 aliphatic heterocycles. The fourth-order valence-electron chi connectivity index (χ4n) is 4.96. The lowest BCUT2D eigenvalue weighted by Crippen LogP contribution is -2.26. The zero-order valence-corrected chi connectivity index (χ0v) is 21.0. The fraction of sp³-hybridized carbons (Fsp3) is 0.267. The van der Waals surface area contributed by atoms with E-state index in [4.69, 9.17) is 4.42 Å². The SMILES string of the molecule is O=C(N/N=C(/CCN1CCCC1)CC(c1ccccc1)c1c(O)c2ccccc2oc1=O)c1ccncc1. The van der Waals surface area contributed by atoms with Crippen LogP contribution < -0.4 is 11.1 Å². The number of hydrogen-bond donors (Lipinski definition) is 2. The molecule has 1 saturated heterocycles. The van der Waals surface area contributed by atoms with Gasteiger partial charge in [0, 0.05) is 42.6 Å². The van der Waals surface area contributed by atoms with Crippen molar-refractivity contribution in [2.45, 2.75) is 31.6 Å². The van der Waals surface area contributed by atoms with Crippen LogP contribution in [0.1, 0.15) is 53.1 Å². The molecule has 1 atom stereocenters. The summed E-state index contributed by atoms with van der Waals surface area (Å²) in [6.45, 7) is 2.87. The van der Waals surface area contributed by atoms with E-state index in [0.717, 1.165) is 30.9 Å². The highest BCUT2D eigenvalue weighted by molar-refractivity contribution is 5.95. The van der Waals surface area contributed by atoms with E-state index in [1.54, 1.807) is 48.8 Å². The predicted octanol–water partition coefficient (Wildman–Crippen LogP) is 4.69. The predicted molar refractivity (Wildman–Crippen MR) is 146 cm³/mol. The number of carbonyl (C=O) groups is 1. The summed E-state index contributed by atoms with van der Waals surface area (Å²) in [7, 11) is 0. The Bertz CT molecular complexity index is 1480. The topological polar surface area (TPSA) is 108 Å². The number of pyridine rings is 1. The first-order valence-electron chi connectivity index (χ1n) is 12.9. The van der Waals surface area contributed by atoms with Gasteiger partial charge in [0.1, 0.15) is 11.3 Å². The Hall–Kier alpha value is -4.30. The molecule has 38 heavy (non-hydrogen) atoms. The second kappa shape index (κ2) is 11.8. The summed E-state index contributed by atoms with van der Waals surface area (Å²) >= 11 is 0. The van der Waals surface area contributed by atoms with Crippen LogP contribution in [0.15, 0.2) is 93.4 Å². The molecule has 0 radical (unpaired) electrons. The summed E-state index contributed by atoms with van der Waals surface area (Å²) in [6.07, 6.45) is 6.39. The molecule has 194 valence electrons. The summed E-state index contributed by atoms with van der Waals surface area (Å²) in [5, 5.41) is 16.3. The molecule has 2 N–H and O–H groups in total. The van der Waals surface area contributed by atoms with E-state index < -0.39 is 11.5 Å². The van der Waals surface area contributed by atoms with Gasteiger partial charge in [-0.15, -0.1) is 0 Å². The van der Waals surface area contributed by atoms with Gasteiger partial charge in [0.15, 0.2) is 0 Å². The van der Waals surface area contributed by atoms with Crippen molar-refractivity contribution in [3.8, 4) is 5.75 Å². The molecule has 3 heterocycles. The Balaban J connectivity index is 1.51. The average molecular weight is 511 g/mol. The first-order valence-corrected chi connectivity index (χ1v) is 12.9. The smallest absolute Gasteiger partial charge is 0.343 e. The molecule has 4 aromatic rings. The number of nitrogens with one attached hydrogen (secondary N) is 1. The normalized spacial score (nSPS) is 15.0. The van der Waals surface area contributed by atoms with Crippen LogP contribution in [-0.4, -0.2) is 46.2 Å². The Labute approximate surface area is 220 Å². The van der Waals surface area contributed by atoms with Gasteiger partial charge in [-0.1, -0.05) is 42.5 Å². The Morgan fingerprint density at radius 2 is 1.74 bits per heavy atom. The molecule has 1 fully saturated rings. The summed E-state index contributed by atoms with van der Waals surface area (Å²) < 4.78 is 5.62. The maximum Gasteiger partial charge on any atom is 0.343 e. The zero-order valence-electron chi connectivity index (χ0n) is 21.0. The van der Waals surface area contributed by atoms with Crippen molar-refractivity contribution in [2.24, 2.45) is 5.10 Å². The molecule has 1 aliphatic rings. The van der Waals surface area contributed by atoms with Gasteiger partial charge in [-0.25, -0.2) is 10.2 Å². The van der Waals surface area contributed by atoms with Crippen LogP contribution in [0.4, 0.5) is 0 Å². The number of rotatable bonds is 9. The Morgan fingerprint density at radius 1 is 1.03 bits per heavy atom. The largest absolute Gasteiger partial charge is 0.507 e. The number of nitrogens with zero attached hydrogens (tertiary/aromatic N) is 3. The summed E-state index contributed by atoms with van der Waals surface area (Å²) in [5.41, 5.74) is 4.63. The van der Waals surface area contributed by atoms with E-state index >= 15 is 0 Å². The minimum Gasteiger partial charge on any atom is -0.507 e. The number of aromatic nitrogens is 1. The lowest BCUT2D eigenvalue weighted by molar-refractivity contribution is 0.0954. The number of amides is 1. The van der Waals surface area contributed by atoms with Crippen molar-refractivity contribution in [2.75, 3.05) is 19.6 Å². The van der Waals surface area contributed by atoms with Gasteiger partial charge in [0.25, 0.3) is 5.91 Å². The first-order chi connectivity index (χ1) is 18.6. The third-order valence-corrected chi connectivity index (χ3v) is 6.98. The fourth-order valence-corrected chi connectivity index (χ4v) is 4.96. The third-order valence-electron chi connectivity index (χ3n) is 6.98. The second-order valence-corrected chi connectivity index (χ2v) is 9.47. The van der Waals surface area contributed by atoms with Crippen molar-refractivity contribution in [1.29, 1.82) is 0 Å². The molecule has 0 bridgehead atoms. The maximum absolute atomic E-state index is 13.2. The van der Waals surface area contributed by atoms with Crippen LogP contribution in [-0.2, 0) is 0 Å². The second-order valence-electron chi connectivity index (χ2n) is 9.47. The standard InChI is InChI=1S/C30H30N4O4/c35-28-24-10-4-5-11-26(24)38-30(37)27(28)25(21-8-2-1-3-9-21)20-23(14-19-34-17-6-7-18-34)32-33-29(36)22-12-15-31-16-13-22/h1-5,8-13,15-16,25,35H,6-7,14,17-20H2,(H,33,36)/b32-23-. The van der Waals surface area contributed by atoms with Crippen molar-refractivity contribution in [3.63, 3.8) is 0 Å². The van der Waals surface area contributed by atoms with Crippen molar-refractivity contribution in [1.82, 2.24) is 15.3 Å². The number of hydrogen-bond acceptors (Lipinski definition) is 7. The molecule has 2 aromatic carbocycles. The van der Waals surface area contributed by atoms with Crippen LogP contribution >= 0.6 is 0 Å². The lowest BCUT2D eigenvalue weighted by Gasteiger charge is -2.21. The quantitative estimate of drug-likeness (QED) is 0.192. The third kappa shape index (κ3) is 5.81. The van der Waals surface area contributed by atoms with E-state index in [9.17, 15) is 14.7 Å². The van der Waals surface area contributed by atoms with Crippen molar-refractivity contribution < 1.29 is 14.3 Å². The van der Waals surface area contributed by atoms with E-state index in [2.05, 4.69) is 20.4 Å². The molecule has 0 saturated carbocycles. The number of hydrazone groups is 1. The Morgan fingerprint density at radius 3 is 2.50 bits per heavy atom. The van der Waals surface area contributed by atoms with Crippen LogP contribution in [0.3, 0.4) is 0 Å². The van der Waals surface area contributed by atoms with E-state index in [-0.39, 0.29) is 17.2 Å². The van der Waals surface area contributed by atoms with Crippen LogP contribution in [0.5, 0.6) is 5.75 Å². The lowest BCUT2D eigenvalue weighted by atomic mass is 9.86. The number of carbonyl (C=O) groups excluding carboxylic acids is 1. The van der Waals surface area contributed by atoms with Crippen LogP contribution in [0.2, 0.25) is 0 Å². The van der Waals surface area contributed by atoms with E-state index in [0.29, 0.717) is 29.4 Å². The van der Waals surface area contributed by atoms with Gasteiger partial charge >= 0.3 is 5.63 Å². The molecule has 1 unspecified atom stereocenters. The minimum absolute atomic E-state index is 0.0922. The molecule has 0 spiro atoms. The number of likely N-dealkylation sites (tertiary alicyclic amines) is 1. The van der Waals surface area contributed by atoms with E-state index in [1.807, 2.05) is 30.3 Å². The Kier molecular flexibility index (Phi) is 7.89. The summed E-state index contributed by atoms with van der Waals surface area (Å²) in [5.74, 6) is -0.951. The van der Waals surface area contributed by atoms with Gasteiger partial charge in [-0.2, -0.15) is 5.10 Å². The van der Waals surface area contributed by atoms with Gasteiger partial charge < -0.3 is 14.4 Å². The van der Waals surface area contributed by atoms with Crippen LogP contribution in [0, 0.1) is 0 Å². The average Bonchev–Trinajstić information content (AvgIpc) is 3.48. The first kappa shape index (κ1) is 25.4. The van der Waals surface area contributed by atoms with Crippen molar-refractivity contribution in [3.05, 3.63) is 106 Å². The molecule has 0 aliphatic carbocycles. The highest BCUT2D eigenvalue weighted by Gasteiger charge is 2.27. The monoisotopic (exact) mass is 510 g/mol. The molecule has 8 heteroatoms. The summed E-state index contributed by atoms with van der Waals surface area (Å²) in [4.78, 5) is 32.3. The maximum atomic E-state index is 13.2. The van der Waals surface area contributed by atoms with Gasteiger partial charge in [-0.3, -0.25) is 9.78 Å². The van der Waals surface area contributed by atoms with Gasteiger partial charge in [0.2, 0.25) is 0 Å². The number of para-hydroxylation sites is 1. The minimum atomic E-state index is -0.588. The zero-order chi connectivity index (χ0) is 26.3. The molecule has 2 aromatic heterocycles. The van der Waals surface area contributed by atoms with Crippen molar-refractivity contribution >= 4 is 22.6 Å². The van der Waals surface area contributed by atoms with Crippen LogP contribution in [0.25, 0.3) is 11.0 Å². The number of aromatic hydroxyl groups is 1. The number of benzene rings is 2. The van der Waals surface area contributed by atoms with E-state index in [1.165, 1.54) is 12.8 Å². The molecule has 8 nitrogen and oxygen atoms in total. The van der Waals surface area contributed by atoms with Gasteiger partial charge in [0.05, 0.1) is 10.9 Å². The molecule has 1 amide bonds. The molecular weight excluding hydrogens is 480 g/mol. The summed E-state index contributed by atoms with van der Waals surface area (Å²) in [6, 6.07) is 19.7. The highest BCUT2D eigenvalue weighted by Crippen LogP contribution is 2.36. The number of fused-ring (bicyclic) bond motifs is 1.